The number of hydrazine groups is 1. The molecule has 0 atom stereocenters. The summed E-state index contributed by atoms with van der Waals surface area (Å²) in [5, 5.41) is 3.03. The number of benzene rings is 1. The summed E-state index contributed by atoms with van der Waals surface area (Å²) in [6.45, 7) is 0.693. The van der Waals surface area contributed by atoms with Crippen molar-refractivity contribution in [3.8, 4) is 10.6 Å². The molecule has 0 fully saturated rings. The van der Waals surface area contributed by atoms with E-state index in [0.717, 1.165) is 10.6 Å². The van der Waals surface area contributed by atoms with Crippen LogP contribution in [0.25, 0.3) is 10.6 Å². The molecule has 0 bridgehead atoms. The number of nitrogens with zero attached hydrogens (tertiary/aromatic N) is 1. The highest BCUT2D eigenvalue weighted by Gasteiger charge is 1.99. The highest BCUT2D eigenvalue weighted by Crippen LogP contribution is 2.21. The van der Waals surface area contributed by atoms with E-state index in [1.54, 1.807) is 11.3 Å². The molecule has 0 aliphatic carbocycles. The number of thiazole rings is 1. The van der Waals surface area contributed by atoms with E-state index in [2.05, 4.69) is 34.7 Å². The van der Waals surface area contributed by atoms with Crippen LogP contribution < -0.4 is 11.3 Å². The lowest BCUT2D eigenvalue weighted by atomic mass is 10.1. The van der Waals surface area contributed by atoms with E-state index >= 15 is 0 Å². The molecule has 0 amide bonds. The maximum Gasteiger partial charge on any atom is 0.123 e. The Bertz CT molecular complexity index is 380. The molecule has 4 heteroatoms. The Morgan fingerprint density at radius 3 is 2.64 bits per heavy atom. The second-order valence-electron chi connectivity index (χ2n) is 2.92. The fourth-order valence-electron chi connectivity index (χ4n) is 1.25. The van der Waals surface area contributed by atoms with Gasteiger partial charge in [0.05, 0.1) is 0 Å². The molecule has 0 saturated heterocycles. The van der Waals surface area contributed by atoms with Crippen molar-refractivity contribution in [2.45, 2.75) is 6.54 Å². The van der Waals surface area contributed by atoms with Crippen molar-refractivity contribution in [1.82, 2.24) is 10.4 Å². The second-order valence-corrected chi connectivity index (χ2v) is 3.81. The molecule has 0 aliphatic rings. The molecule has 2 rings (SSSR count). The van der Waals surface area contributed by atoms with E-state index in [9.17, 15) is 0 Å². The number of aromatic nitrogens is 1. The minimum atomic E-state index is 0.693. The van der Waals surface area contributed by atoms with Crippen LogP contribution in [-0.4, -0.2) is 4.98 Å². The van der Waals surface area contributed by atoms with Gasteiger partial charge >= 0.3 is 0 Å². The third kappa shape index (κ3) is 1.98. The highest BCUT2D eigenvalue weighted by molar-refractivity contribution is 7.13. The molecule has 0 aliphatic heterocycles. The number of nitrogens with two attached hydrogens (primary N) is 1. The third-order valence-electron chi connectivity index (χ3n) is 1.94. The predicted molar refractivity (Wildman–Crippen MR) is 58.6 cm³/mol. The predicted octanol–water partition coefficient (Wildman–Crippen LogP) is 1.77. The Hall–Kier alpha value is -1.23. The van der Waals surface area contributed by atoms with Crippen molar-refractivity contribution in [3.63, 3.8) is 0 Å². The molecule has 1 heterocycles. The minimum Gasteiger partial charge on any atom is -0.271 e. The normalized spacial score (nSPS) is 10.4. The van der Waals surface area contributed by atoms with E-state index in [4.69, 9.17) is 5.84 Å². The van der Waals surface area contributed by atoms with Gasteiger partial charge in [0.1, 0.15) is 5.01 Å². The average molecular weight is 205 g/mol. The zero-order valence-corrected chi connectivity index (χ0v) is 8.42. The van der Waals surface area contributed by atoms with Crippen LogP contribution in [-0.2, 0) is 6.54 Å². The lowest BCUT2D eigenvalue weighted by Crippen LogP contribution is -2.20. The van der Waals surface area contributed by atoms with E-state index in [1.165, 1.54) is 5.56 Å². The average Bonchev–Trinajstić information content (AvgIpc) is 2.72. The number of hydrogen-bond acceptors (Lipinski definition) is 4. The highest BCUT2D eigenvalue weighted by atomic mass is 32.1. The van der Waals surface area contributed by atoms with Gasteiger partial charge < -0.3 is 0 Å². The van der Waals surface area contributed by atoms with Gasteiger partial charge in [0.2, 0.25) is 0 Å². The van der Waals surface area contributed by atoms with Gasteiger partial charge in [-0.05, 0) is 5.56 Å². The first kappa shape index (κ1) is 9.33. The molecule has 2 aromatic rings. The van der Waals surface area contributed by atoms with Crippen molar-refractivity contribution in [2.75, 3.05) is 0 Å². The Morgan fingerprint density at radius 2 is 2.07 bits per heavy atom. The molecule has 3 nitrogen and oxygen atoms in total. The zero-order chi connectivity index (χ0) is 9.80. The van der Waals surface area contributed by atoms with Crippen LogP contribution in [0.5, 0.6) is 0 Å². The van der Waals surface area contributed by atoms with Crippen LogP contribution in [0.1, 0.15) is 5.56 Å². The lowest BCUT2D eigenvalue weighted by Gasteiger charge is -2.00. The molecule has 1 aromatic carbocycles. The smallest absolute Gasteiger partial charge is 0.123 e. The molecular formula is C10H11N3S. The Kier molecular flexibility index (Phi) is 2.88. The van der Waals surface area contributed by atoms with E-state index in [0.29, 0.717) is 6.54 Å². The fourth-order valence-corrected chi connectivity index (χ4v) is 1.89. The van der Waals surface area contributed by atoms with E-state index < -0.39 is 0 Å². The lowest BCUT2D eigenvalue weighted by molar-refractivity contribution is 0.741. The number of hydrogen-bond donors (Lipinski definition) is 2. The SMILES string of the molecule is NNCc1ccc(-c2nccs2)cc1. The first-order chi connectivity index (χ1) is 6.90. The van der Waals surface area contributed by atoms with Crippen LogP contribution in [0.3, 0.4) is 0 Å². The van der Waals surface area contributed by atoms with Gasteiger partial charge in [-0.25, -0.2) is 4.98 Å². The molecule has 0 unspecified atom stereocenters. The summed E-state index contributed by atoms with van der Waals surface area (Å²) in [6.07, 6.45) is 1.81. The monoisotopic (exact) mass is 205 g/mol. The molecule has 0 spiro atoms. The van der Waals surface area contributed by atoms with Gasteiger partial charge in [-0.2, -0.15) is 0 Å². The first-order valence-electron chi connectivity index (χ1n) is 4.32. The molecule has 72 valence electrons. The third-order valence-corrected chi connectivity index (χ3v) is 2.76. The zero-order valence-electron chi connectivity index (χ0n) is 7.60. The quantitative estimate of drug-likeness (QED) is 0.593. The minimum absolute atomic E-state index is 0.693. The maximum atomic E-state index is 5.23. The summed E-state index contributed by atoms with van der Waals surface area (Å²) in [4.78, 5) is 4.24. The molecule has 0 saturated carbocycles. The summed E-state index contributed by atoms with van der Waals surface area (Å²) in [5.41, 5.74) is 4.95. The number of nitrogens with one attached hydrogen (secondary N) is 1. The van der Waals surface area contributed by atoms with Crippen molar-refractivity contribution >= 4 is 11.3 Å². The van der Waals surface area contributed by atoms with Crippen molar-refractivity contribution in [1.29, 1.82) is 0 Å². The van der Waals surface area contributed by atoms with Gasteiger partial charge in [-0.15, -0.1) is 11.3 Å². The maximum absolute atomic E-state index is 5.23. The molecular weight excluding hydrogens is 194 g/mol. The van der Waals surface area contributed by atoms with Crippen molar-refractivity contribution in [3.05, 3.63) is 41.4 Å². The standard InChI is InChI=1S/C10H11N3S/c11-13-7-8-1-3-9(4-2-8)10-12-5-6-14-10/h1-6,13H,7,11H2. The molecule has 3 N–H and O–H groups in total. The van der Waals surface area contributed by atoms with Gasteiger partial charge in [0, 0.05) is 23.7 Å². The van der Waals surface area contributed by atoms with E-state index in [1.807, 2.05) is 11.6 Å². The summed E-state index contributed by atoms with van der Waals surface area (Å²) < 4.78 is 0. The number of rotatable bonds is 3. The molecule has 0 radical (unpaired) electrons. The molecule has 14 heavy (non-hydrogen) atoms. The van der Waals surface area contributed by atoms with Crippen molar-refractivity contribution in [2.24, 2.45) is 5.84 Å². The second kappa shape index (κ2) is 4.32. The van der Waals surface area contributed by atoms with Gasteiger partial charge in [0.15, 0.2) is 0 Å². The van der Waals surface area contributed by atoms with Gasteiger partial charge in [-0.1, -0.05) is 24.3 Å². The summed E-state index contributed by atoms with van der Waals surface area (Å²) in [6, 6.07) is 8.23. The Labute approximate surface area is 86.6 Å². The summed E-state index contributed by atoms with van der Waals surface area (Å²) in [7, 11) is 0. The van der Waals surface area contributed by atoms with Crippen LogP contribution in [0.4, 0.5) is 0 Å². The largest absolute Gasteiger partial charge is 0.271 e. The van der Waals surface area contributed by atoms with Crippen LogP contribution >= 0.6 is 11.3 Å². The summed E-state index contributed by atoms with van der Waals surface area (Å²) in [5.74, 6) is 5.23. The summed E-state index contributed by atoms with van der Waals surface area (Å²) >= 11 is 1.64. The Balaban J connectivity index is 2.22. The van der Waals surface area contributed by atoms with E-state index in [-0.39, 0.29) is 0 Å². The van der Waals surface area contributed by atoms with Crippen LogP contribution in [0, 0.1) is 0 Å². The van der Waals surface area contributed by atoms with Crippen molar-refractivity contribution < 1.29 is 0 Å². The molecule has 1 aromatic heterocycles. The first-order valence-corrected chi connectivity index (χ1v) is 5.20. The van der Waals surface area contributed by atoms with Crippen LogP contribution in [0.15, 0.2) is 35.8 Å². The topological polar surface area (TPSA) is 50.9 Å². The van der Waals surface area contributed by atoms with Crippen LogP contribution in [0.2, 0.25) is 0 Å². The van der Waals surface area contributed by atoms with Gasteiger partial charge in [-0.3, -0.25) is 11.3 Å². The Morgan fingerprint density at radius 1 is 1.29 bits per heavy atom. The van der Waals surface area contributed by atoms with Gasteiger partial charge in [0.25, 0.3) is 0 Å². The fraction of sp³-hybridized carbons (Fsp3) is 0.100.